The first kappa shape index (κ1) is 19.8. The van der Waals surface area contributed by atoms with E-state index in [1.165, 1.54) is 0 Å². The molecule has 0 radical (unpaired) electrons. The number of ether oxygens (including phenoxy) is 2. The number of carbonyl (C=O) groups is 1. The first-order valence-corrected chi connectivity index (χ1v) is 8.74. The van der Waals surface area contributed by atoms with Crippen molar-refractivity contribution in [3.63, 3.8) is 0 Å². The second kappa shape index (κ2) is 7.38. The fourth-order valence-corrected chi connectivity index (χ4v) is 2.60. The Morgan fingerprint density at radius 2 is 1.72 bits per heavy atom. The Morgan fingerprint density at radius 3 is 2.24 bits per heavy atom. The quantitative estimate of drug-likeness (QED) is 0.709. The SMILES string of the molecule is COc1cc(B2OC(C)(C)C(C)(C)O2)ccc1OCC(=O)CC(C)C. The van der Waals surface area contributed by atoms with Gasteiger partial charge in [-0.2, -0.15) is 0 Å². The summed E-state index contributed by atoms with van der Waals surface area (Å²) in [4.78, 5) is 11.8. The highest BCUT2D eigenvalue weighted by molar-refractivity contribution is 6.62. The Bertz CT molecular complexity index is 608. The van der Waals surface area contributed by atoms with E-state index < -0.39 is 18.3 Å². The number of methoxy groups -OCH3 is 1. The molecule has 1 fully saturated rings. The van der Waals surface area contributed by atoms with Crippen LogP contribution in [0.4, 0.5) is 0 Å². The highest BCUT2D eigenvalue weighted by atomic mass is 16.7. The zero-order chi connectivity index (χ0) is 18.8. The van der Waals surface area contributed by atoms with Crippen LogP contribution in [0.15, 0.2) is 18.2 Å². The molecular formula is C19H29BO5. The van der Waals surface area contributed by atoms with Crippen LogP contribution in [0.2, 0.25) is 0 Å². The van der Waals surface area contributed by atoms with E-state index >= 15 is 0 Å². The van der Waals surface area contributed by atoms with Crippen molar-refractivity contribution >= 4 is 18.4 Å². The summed E-state index contributed by atoms with van der Waals surface area (Å²) in [7, 11) is 1.11. The number of rotatable bonds is 7. The molecule has 0 saturated carbocycles. The van der Waals surface area contributed by atoms with Gasteiger partial charge < -0.3 is 18.8 Å². The zero-order valence-electron chi connectivity index (χ0n) is 16.3. The molecule has 6 heteroatoms. The first-order chi connectivity index (χ1) is 11.6. The van der Waals surface area contributed by atoms with Gasteiger partial charge in [0.1, 0.15) is 6.61 Å². The summed E-state index contributed by atoms with van der Waals surface area (Å²) in [5.74, 6) is 1.50. The second-order valence-electron chi connectivity index (χ2n) is 7.92. The van der Waals surface area contributed by atoms with E-state index in [2.05, 4.69) is 0 Å². The fraction of sp³-hybridized carbons (Fsp3) is 0.632. The Kier molecular flexibility index (Phi) is 5.84. The summed E-state index contributed by atoms with van der Waals surface area (Å²) in [5.41, 5.74) is 0.0588. The molecule has 0 aromatic heterocycles. The van der Waals surface area contributed by atoms with Crippen LogP contribution in [0.1, 0.15) is 48.0 Å². The highest BCUT2D eigenvalue weighted by Gasteiger charge is 2.51. The lowest BCUT2D eigenvalue weighted by atomic mass is 9.79. The van der Waals surface area contributed by atoms with Crippen molar-refractivity contribution in [2.24, 2.45) is 5.92 Å². The van der Waals surface area contributed by atoms with Gasteiger partial charge in [0.05, 0.1) is 18.3 Å². The number of carbonyl (C=O) groups excluding carboxylic acids is 1. The molecule has 0 atom stereocenters. The molecule has 25 heavy (non-hydrogen) atoms. The molecule has 1 aliphatic rings. The van der Waals surface area contributed by atoms with Crippen LogP contribution in [0.3, 0.4) is 0 Å². The van der Waals surface area contributed by atoms with Gasteiger partial charge in [-0.1, -0.05) is 19.9 Å². The van der Waals surface area contributed by atoms with Gasteiger partial charge in [-0.05, 0) is 51.2 Å². The van der Waals surface area contributed by atoms with Crippen LogP contribution in [-0.2, 0) is 14.1 Å². The summed E-state index contributed by atoms with van der Waals surface area (Å²) >= 11 is 0. The number of Topliss-reactive ketones (excluding diaryl/α,β-unsaturated/α-hetero) is 1. The maximum atomic E-state index is 11.8. The summed E-state index contributed by atoms with van der Waals surface area (Å²) < 4.78 is 23.2. The number of ketones is 1. The number of hydrogen-bond donors (Lipinski definition) is 0. The molecule has 1 aromatic rings. The van der Waals surface area contributed by atoms with E-state index in [9.17, 15) is 4.79 Å². The van der Waals surface area contributed by atoms with E-state index in [4.69, 9.17) is 18.8 Å². The Labute approximate surface area is 151 Å². The summed E-state index contributed by atoms with van der Waals surface area (Å²) in [6, 6.07) is 5.51. The Hall–Kier alpha value is -1.53. The maximum absolute atomic E-state index is 11.8. The average Bonchev–Trinajstić information content (AvgIpc) is 2.72. The van der Waals surface area contributed by atoms with Crippen LogP contribution in [0.5, 0.6) is 11.5 Å². The molecule has 2 rings (SSSR count). The third kappa shape index (κ3) is 4.56. The molecule has 5 nitrogen and oxygen atoms in total. The fourth-order valence-electron chi connectivity index (χ4n) is 2.60. The van der Waals surface area contributed by atoms with Crippen LogP contribution < -0.4 is 14.9 Å². The molecule has 1 saturated heterocycles. The summed E-state index contributed by atoms with van der Waals surface area (Å²) in [5, 5.41) is 0. The molecule has 0 amide bonds. The van der Waals surface area contributed by atoms with E-state index in [-0.39, 0.29) is 12.4 Å². The van der Waals surface area contributed by atoms with Crippen molar-refractivity contribution in [2.45, 2.75) is 59.2 Å². The predicted molar refractivity (Wildman–Crippen MR) is 98.7 cm³/mol. The van der Waals surface area contributed by atoms with E-state index in [1.807, 2.05) is 53.7 Å². The molecule has 1 heterocycles. The minimum absolute atomic E-state index is 0.0460. The summed E-state index contributed by atoms with van der Waals surface area (Å²) in [6.07, 6.45) is 0.508. The standard InChI is InChI=1S/C19H29BO5/c1-13(2)10-15(21)12-23-16-9-8-14(11-17(16)22-7)20-24-18(3,4)19(5,6)25-20/h8-9,11,13H,10,12H2,1-7H3. The second-order valence-corrected chi connectivity index (χ2v) is 7.92. The Balaban J connectivity index is 2.11. The number of benzene rings is 1. The topological polar surface area (TPSA) is 54.0 Å². The number of hydrogen-bond acceptors (Lipinski definition) is 5. The van der Waals surface area contributed by atoms with Gasteiger partial charge in [-0.15, -0.1) is 0 Å². The third-order valence-electron chi connectivity index (χ3n) is 4.74. The van der Waals surface area contributed by atoms with Crippen molar-refractivity contribution < 1.29 is 23.6 Å². The normalized spacial score (nSPS) is 18.5. The lowest BCUT2D eigenvalue weighted by Crippen LogP contribution is -2.41. The molecule has 0 unspecified atom stereocenters. The largest absolute Gasteiger partial charge is 0.494 e. The van der Waals surface area contributed by atoms with Crippen molar-refractivity contribution in [1.82, 2.24) is 0 Å². The van der Waals surface area contributed by atoms with E-state index in [0.717, 1.165) is 5.46 Å². The van der Waals surface area contributed by atoms with Crippen molar-refractivity contribution in [3.8, 4) is 11.5 Å². The highest BCUT2D eigenvalue weighted by Crippen LogP contribution is 2.37. The monoisotopic (exact) mass is 348 g/mol. The summed E-state index contributed by atoms with van der Waals surface area (Å²) in [6.45, 7) is 12.1. The molecule has 1 aliphatic heterocycles. The van der Waals surface area contributed by atoms with Crippen molar-refractivity contribution in [2.75, 3.05) is 13.7 Å². The molecule has 0 aliphatic carbocycles. The molecule has 1 aromatic carbocycles. The van der Waals surface area contributed by atoms with Gasteiger partial charge in [0, 0.05) is 6.42 Å². The van der Waals surface area contributed by atoms with E-state index in [0.29, 0.717) is 23.8 Å². The van der Waals surface area contributed by atoms with Gasteiger partial charge in [0.2, 0.25) is 0 Å². The van der Waals surface area contributed by atoms with Gasteiger partial charge in [-0.3, -0.25) is 4.79 Å². The van der Waals surface area contributed by atoms with Crippen molar-refractivity contribution in [1.29, 1.82) is 0 Å². The Morgan fingerprint density at radius 1 is 1.12 bits per heavy atom. The van der Waals surface area contributed by atoms with Crippen LogP contribution >= 0.6 is 0 Å². The van der Waals surface area contributed by atoms with Crippen LogP contribution in [-0.4, -0.2) is 37.8 Å². The molecule has 0 N–H and O–H groups in total. The molecule has 0 spiro atoms. The molecular weight excluding hydrogens is 319 g/mol. The van der Waals surface area contributed by atoms with Gasteiger partial charge in [0.25, 0.3) is 0 Å². The predicted octanol–water partition coefficient (Wildman–Crippen LogP) is 2.99. The van der Waals surface area contributed by atoms with Crippen LogP contribution in [0.25, 0.3) is 0 Å². The third-order valence-corrected chi connectivity index (χ3v) is 4.74. The minimum atomic E-state index is -0.462. The average molecular weight is 348 g/mol. The first-order valence-electron chi connectivity index (χ1n) is 8.74. The molecule has 138 valence electrons. The minimum Gasteiger partial charge on any atom is -0.493 e. The lowest BCUT2D eigenvalue weighted by Gasteiger charge is -2.32. The van der Waals surface area contributed by atoms with Gasteiger partial charge in [0.15, 0.2) is 17.3 Å². The molecule has 0 bridgehead atoms. The zero-order valence-corrected chi connectivity index (χ0v) is 16.3. The van der Waals surface area contributed by atoms with Crippen molar-refractivity contribution in [3.05, 3.63) is 18.2 Å². The van der Waals surface area contributed by atoms with Gasteiger partial charge in [-0.25, -0.2) is 0 Å². The smallest absolute Gasteiger partial charge is 0.493 e. The lowest BCUT2D eigenvalue weighted by molar-refractivity contribution is -0.121. The van der Waals surface area contributed by atoms with Crippen LogP contribution in [0, 0.1) is 5.92 Å². The maximum Gasteiger partial charge on any atom is 0.494 e. The van der Waals surface area contributed by atoms with E-state index in [1.54, 1.807) is 13.2 Å². The van der Waals surface area contributed by atoms with Gasteiger partial charge >= 0.3 is 7.12 Å².